The minimum Gasteiger partial charge on any atom is -0.364 e. The first kappa shape index (κ1) is 23.7. The van der Waals surface area contributed by atoms with Crippen molar-refractivity contribution < 1.29 is 8.42 Å². The van der Waals surface area contributed by atoms with Gasteiger partial charge in [-0.2, -0.15) is 9.57 Å². The van der Waals surface area contributed by atoms with E-state index in [0.717, 1.165) is 22.5 Å². The molecule has 1 aliphatic heterocycles. The van der Waals surface area contributed by atoms with Gasteiger partial charge in [0.05, 0.1) is 30.2 Å². The smallest absolute Gasteiger partial charge is 0.261 e. The third kappa shape index (κ3) is 4.73. The van der Waals surface area contributed by atoms with Gasteiger partial charge in [-0.25, -0.2) is 18.4 Å². The Morgan fingerprint density at radius 1 is 1.11 bits per heavy atom. The fraction of sp³-hybridized carbons (Fsp3) is 0.222. The van der Waals surface area contributed by atoms with Gasteiger partial charge in [-0.3, -0.25) is 0 Å². The summed E-state index contributed by atoms with van der Waals surface area (Å²) in [6, 6.07) is 22.0. The summed E-state index contributed by atoms with van der Waals surface area (Å²) in [6.45, 7) is 1.27. The Bertz CT molecular complexity index is 1500. The summed E-state index contributed by atoms with van der Waals surface area (Å²) in [5, 5.41) is 9.53. The van der Waals surface area contributed by atoms with E-state index < -0.39 is 10.0 Å². The molecule has 0 N–H and O–H groups in total. The number of hydrogen-bond acceptors (Lipinski definition) is 6. The summed E-state index contributed by atoms with van der Waals surface area (Å²) in [7, 11) is -1.96. The standard InChI is InChI=1S/C27H26N6O2S/c1-31-20-29-16-25(31)19-32-18-24(14-23-13-22(15-28)10-11-26(23)32)33(17-21-7-3-2-4-8-21)36(34,35)27-9-5-6-12-30-27/h2-13,16,20,24H,14,17-19H2,1H3. The highest BCUT2D eigenvalue weighted by Gasteiger charge is 2.37. The van der Waals surface area contributed by atoms with Gasteiger partial charge in [-0.1, -0.05) is 36.4 Å². The molecule has 0 saturated heterocycles. The van der Waals surface area contributed by atoms with Gasteiger partial charge in [0.1, 0.15) is 0 Å². The number of hydrogen-bond donors (Lipinski definition) is 0. The van der Waals surface area contributed by atoms with E-state index in [2.05, 4.69) is 20.9 Å². The van der Waals surface area contributed by atoms with Gasteiger partial charge in [-0.05, 0) is 47.9 Å². The molecule has 1 atom stereocenters. The Hall–Kier alpha value is -4.00. The van der Waals surface area contributed by atoms with E-state index in [-0.39, 0.29) is 17.6 Å². The van der Waals surface area contributed by atoms with Crippen LogP contribution in [0.3, 0.4) is 0 Å². The molecular formula is C27H26N6O2S. The molecule has 8 nitrogen and oxygen atoms in total. The number of anilines is 1. The summed E-state index contributed by atoms with van der Waals surface area (Å²) in [6.07, 6.45) is 5.56. The molecule has 0 fully saturated rings. The van der Waals surface area contributed by atoms with Crippen LogP contribution in [0, 0.1) is 11.3 Å². The maximum absolute atomic E-state index is 13.9. The van der Waals surface area contributed by atoms with Crippen molar-refractivity contribution in [2.45, 2.75) is 30.6 Å². The van der Waals surface area contributed by atoms with E-state index in [9.17, 15) is 13.7 Å². The van der Waals surface area contributed by atoms with Crippen LogP contribution >= 0.6 is 0 Å². The topological polar surface area (TPSA) is 95.1 Å². The number of aryl methyl sites for hydroxylation is 1. The van der Waals surface area contributed by atoms with E-state index in [0.29, 0.717) is 25.1 Å². The largest absolute Gasteiger partial charge is 0.364 e. The summed E-state index contributed by atoms with van der Waals surface area (Å²) < 4.78 is 31.4. The third-order valence-corrected chi connectivity index (χ3v) is 8.32. The van der Waals surface area contributed by atoms with E-state index >= 15 is 0 Å². The predicted octanol–water partition coefficient (Wildman–Crippen LogP) is 3.51. The molecule has 0 bridgehead atoms. The monoisotopic (exact) mass is 498 g/mol. The first-order valence-corrected chi connectivity index (χ1v) is 13.1. The lowest BCUT2D eigenvalue weighted by Gasteiger charge is -2.40. The zero-order valence-electron chi connectivity index (χ0n) is 19.9. The van der Waals surface area contributed by atoms with Crippen molar-refractivity contribution in [1.29, 1.82) is 5.26 Å². The highest BCUT2D eigenvalue weighted by Crippen LogP contribution is 2.33. The number of aromatic nitrogens is 3. The number of benzene rings is 2. The molecule has 0 aliphatic carbocycles. The van der Waals surface area contributed by atoms with Gasteiger partial charge >= 0.3 is 0 Å². The number of nitriles is 1. The van der Waals surface area contributed by atoms with Crippen LogP contribution in [0.15, 0.2) is 90.5 Å². The van der Waals surface area contributed by atoms with E-state index in [1.54, 1.807) is 22.8 Å². The fourth-order valence-electron chi connectivity index (χ4n) is 4.67. The minimum absolute atomic E-state index is 0.0238. The average Bonchev–Trinajstić information content (AvgIpc) is 3.31. The van der Waals surface area contributed by atoms with Crippen LogP contribution in [-0.2, 0) is 36.6 Å². The Kier molecular flexibility index (Phi) is 6.55. The molecule has 4 aromatic rings. The zero-order valence-corrected chi connectivity index (χ0v) is 20.7. The second-order valence-corrected chi connectivity index (χ2v) is 10.7. The van der Waals surface area contributed by atoms with Crippen LogP contribution in [0.25, 0.3) is 0 Å². The number of rotatable bonds is 7. The van der Waals surface area contributed by atoms with Crippen molar-refractivity contribution >= 4 is 15.7 Å². The number of pyridine rings is 1. The first-order valence-electron chi connectivity index (χ1n) is 11.7. The molecule has 9 heteroatoms. The van der Waals surface area contributed by atoms with Gasteiger partial charge in [-0.15, -0.1) is 0 Å². The van der Waals surface area contributed by atoms with Crippen LogP contribution in [0.5, 0.6) is 0 Å². The maximum Gasteiger partial charge on any atom is 0.261 e. The molecule has 36 heavy (non-hydrogen) atoms. The fourth-order valence-corrected chi connectivity index (χ4v) is 6.20. The molecule has 1 aliphatic rings. The number of fused-ring (bicyclic) bond motifs is 1. The van der Waals surface area contributed by atoms with Crippen molar-refractivity contribution in [3.63, 3.8) is 0 Å². The zero-order chi connectivity index (χ0) is 25.1. The highest BCUT2D eigenvalue weighted by molar-refractivity contribution is 7.89. The van der Waals surface area contributed by atoms with Crippen LogP contribution in [0.1, 0.15) is 22.4 Å². The van der Waals surface area contributed by atoms with Gasteiger partial charge in [0.2, 0.25) is 0 Å². The maximum atomic E-state index is 13.9. The van der Waals surface area contributed by atoms with Crippen molar-refractivity contribution in [3.8, 4) is 6.07 Å². The molecule has 1 unspecified atom stereocenters. The summed E-state index contributed by atoms with van der Waals surface area (Å²) >= 11 is 0. The second-order valence-electron chi connectivity index (χ2n) is 8.89. The van der Waals surface area contributed by atoms with E-state index in [1.807, 2.05) is 66.3 Å². The van der Waals surface area contributed by atoms with Crippen LogP contribution in [0.4, 0.5) is 5.69 Å². The second kappa shape index (κ2) is 9.93. The van der Waals surface area contributed by atoms with E-state index in [4.69, 9.17) is 0 Å². The van der Waals surface area contributed by atoms with Crippen LogP contribution in [-0.4, -0.2) is 39.8 Å². The molecule has 0 spiro atoms. The molecule has 2 aromatic carbocycles. The molecule has 0 saturated carbocycles. The molecule has 2 aromatic heterocycles. The molecule has 5 rings (SSSR count). The first-order chi connectivity index (χ1) is 17.5. The predicted molar refractivity (Wildman–Crippen MR) is 136 cm³/mol. The number of sulfonamides is 1. The quantitative estimate of drug-likeness (QED) is 0.387. The van der Waals surface area contributed by atoms with E-state index in [1.165, 1.54) is 12.3 Å². The Morgan fingerprint density at radius 3 is 2.61 bits per heavy atom. The average molecular weight is 499 g/mol. The Labute approximate surface area is 211 Å². The normalized spacial score (nSPS) is 15.5. The van der Waals surface area contributed by atoms with Gasteiger partial charge in [0, 0.05) is 44.3 Å². The molecule has 0 amide bonds. The summed E-state index contributed by atoms with van der Waals surface area (Å²) in [4.78, 5) is 10.6. The van der Waals surface area contributed by atoms with Crippen molar-refractivity contribution in [1.82, 2.24) is 18.8 Å². The number of imidazole rings is 1. The van der Waals surface area contributed by atoms with Crippen molar-refractivity contribution in [2.75, 3.05) is 11.4 Å². The Balaban J connectivity index is 1.58. The lowest BCUT2D eigenvalue weighted by molar-refractivity contribution is 0.301. The van der Waals surface area contributed by atoms with Crippen LogP contribution < -0.4 is 4.90 Å². The molecule has 182 valence electrons. The van der Waals surface area contributed by atoms with Crippen LogP contribution in [0.2, 0.25) is 0 Å². The number of nitrogens with zero attached hydrogens (tertiary/aromatic N) is 6. The summed E-state index contributed by atoms with van der Waals surface area (Å²) in [5.74, 6) is 0. The lowest BCUT2D eigenvalue weighted by atomic mass is 9.95. The van der Waals surface area contributed by atoms with Gasteiger partial charge in [0.15, 0.2) is 5.03 Å². The molecule has 0 radical (unpaired) electrons. The summed E-state index contributed by atoms with van der Waals surface area (Å²) in [5.41, 5.74) is 4.40. The Morgan fingerprint density at radius 2 is 1.92 bits per heavy atom. The highest BCUT2D eigenvalue weighted by atomic mass is 32.2. The minimum atomic E-state index is -3.90. The SMILES string of the molecule is Cn1cncc1CN1CC(N(Cc2ccccc2)S(=O)(=O)c2ccccn2)Cc2cc(C#N)ccc21. The third-order valence-electron chi connectivity index (χ3n) is 6.50. The van der Waals surface area contributed by atoms with Gasteiger partial charge in [0.25, 0.3) is 10.0 Å². The van der Waals surface area contributed by atoms with Crippen molar-refractivity contribution in [3.05, 3.63) is 108 Å². The van der Waals surface area contributed by atoms with Gasteiger partial charge < -0.3 is 9.47 Å². The molecule has 3 heterocycles. The van der Waals surface area contributed by atoms with Crippen molar-refractivity contribution in [2.24, 2.45) is 7.05 Å². The molecular weight excluding hydrogens is 472 g/mol. The lowest BCUT2D eigenvalue weighted by Crippen LogP contribution is -2.50.